The van der Waals surface area contributed by atoms with Crippen molar-refractivity contribution in [3.63, 3.8) is 0 Å². The molecule has 4 nitrogen and oxygen atoms in total. The highest BCUT2D eigenvalue weighted by atomic mass is 32.2. The van der Waals surface area contributed by atoms with Gasteiger partial charge in [-0.1, -0.05) is 65.1 Å². The Morgan fingerprint density at radius 2 is 1.51 bits per heavy atom. The number of amidine groups is 1. The van der Waals surface area contributed by atoms with Gasteiger partial charge in [0.15, 0.2) is 5.17 Å². The lowest BCUT2D eigenvalue weighted by Gasteiger charge is -2.37. The number of thioether (sulfide) groups is 2. The van der Waals surface area contributed by atoms with Gasteiger partial charge in [0.1, 0.15) is 0 Å². The highest BCUT2D eigenvalue weighted by Crippen LogP contribution is 2.46. The Morgan fingerprint density at radius 3 is 2.11 bits per heavy atom. The molecule has 0 bridgehead atoms. The van der Waals surface area contributed by atoms with E-state index in [9.17, 15) is 5.26 Å². The summed E-state index contributed by atoms with van der Waals surface area (Å²) in [6.45, 7) is 15.8. The summed E-state index contributed by atoms with van der Waals surface area (Å²) in [6.07, 6.45) is 11.2. The van der Waals surface area contributed by atoms with Gasteiger partial charge in [-0.3, -0.25) is 4.90 Å². The SMILES string of the molecule is CC(C)CN1CSCC12CCCC2.Cc1c(C#N)ccc(N=C2SCC3(CCCC3)N2CC(C)C)c1C. The van der Waals surface area contributed by atoms with Crippen molar-refractivity contribution in [2.45, 2.75) is 104 Å². The molecule has 0 unspecified atom stereocenters. The molecule has 0 radical (unpaired) electrons. The summed E-state index contributed by atoms with van der Waals surface area (Å²) < 4.78 is 0. The van der Waals surface area contributed by atoms with Crippen molar-refractivity contribution in [1.29, 1.82) is 5.26 Å². The zero-order valence-corrected chi connectivity index (χ0v) is 25.7. The summed E-state index contributed by atoms with van der Waals surface area (Å²) >= 11 is 4.07. The standard InChI is InChI=1S/C20H27N3S.C11H21NS/c1-14(2)12-23-19(24-13-20(23)9-5-6-10-20)22-18-8-7-17(11-21)15(3)16(18)4;1-10(2)7-12-9-13-8-11(12)5-3-4-6-11/h7-8,14H,5-6,9-10,12-13H2,1-4H3;10H,3-9H2,1-2H3. The quantitative estimate of drug-likeness (QED) is 0.377. The first kappa shape index (κ1) is 28.8. The van der Waals surface area contributed by atoms with Crippen LogP contribution < -0.4 is 0 Å². The van der Waals surface area contributed by atoms with Crippen molar-refractivity contribution in [2.75, 3.05) is 30.5 Å². The van der Waals surface area contributed by atoms with E-state index in [1.54, 1.807) is 0 Å². The highest BCUT2D eigenvalue weighted by molar-refractivity contribution is 8.14. The fraction of sp³-hybridized carbons (Fsp3) is 0.742. The van der Waals surface area contributed by atoms with Crippen molar-refractivity contribution in [3.05, 3.63) is 28.8 Å². The summed E-state index contributed by atoms with van der Waals surface area (Å²) in [5, 5.41) is 10.4. The van der Waals surface area contributed by atoms with E-state index in [0.29, 0.717) is 17.0 Å². The molecular weight excluding hydrogens is 493 g/mol. The smallest absolute Gasteiger partial charge is 0.164 e. The predicted molar refractivity (Wildman–Crippen MR) is 163 cm³/mol. The molecule has 4 fully saturated rings. The monoisotopic (exact) mass is 540 g/mol. The molecular formula is C31H48N4S2. The van der Waals surface area contributed by atoms with Crippen LogP contribution in [0.15, 0.2) is 17.1 Å². The predicted octanol–water partition coefficient (Wildman–Crippen LogP) is 8.14. The summed E-state index contributed by atoms with van der Waals surface area (Å²) in [7, 11) is 0. The molecule has 0 atom stereocenters. The molecule has 37 heavy (non-hydrogen) atoms. The van der Waals surface area contributed by atoms with Crippen LogP contribution in [0.4, 0.5) is 5.69 Å². The van der Waals surface area contributed by atoms with Gasteiger partial charge in [0.25, 0.3) is 0 Å². The van der Waals surface area contributed by atoms with Crippen LogP contribution in [0.1, 0.15) is 95.8 Å². The van der Waals surface area contributed by atoms with Crippen LogP contribution in [0.3, 0.4) is 0 Å². The van der Waals surface area contributed by atoms with Crippen molar-refractivity contribution in [2.24, 2.45) is 16.8 Å². The maximum absolute atomic E-state index is 9.20. The first-order chi connectivity index (χ1) is 17.7. The lowest BCUT2D eigenvalue weighted by molar-refractivity contribution is 0.137. The molecule has 2 aliphatic heterocycles. The van der Waals surface area contributed by atoms with Gasteiger partial charge in [-0.2, -0.15) is 5.26 Å². The first-order valence-electron chi connectivity index (χ1n) is 14.5. The van der Waals surface area contributed by atoms with Crippen LogP contribution in [-0.2, 0) is 0 Å². The highest BCUT2D eigenvalue weighted by Gasteiger charge is 2.46. The first-order valence-corrected chi connectivity index (χ1v) is 16.7. The zero-order valence-electron chi connectivity index (χ0n) is 24.1. The number of nitrogens with zero attached hydrogens (tertiary/aromatic N) is 4. The molecule has 1 aromatic carbocycles. The summed E-state index contributed by atoms with van der Waals surface area (Å²) in [5.74, 6) is 5.33. The number of hydrogen-bond acceptors (Lipinski definition) is 5. The Labute approximate surface area is 235 Å². The number of hydrogen-bond donors (Lipinski definition) is 0. The minimum atomic E-state index is 0.337. The van der Waals surface area contributed by atoms with Crippen LogP contribution in [0.5, 0.6) is 0 Å². The molecule has 1 aromatic rings. The molecule has 0 N–H and O–H groups in total. The van der Waals surface area contributed by atoms with Gasteiger partial charge in [0.05, 0.1) is 22.9 Å². The fourth-order valence-corrected chi connectivity index (χ4v) is 9.61. The molecule has 2 spiro atoms. The normalized spacial score (nSPS) is 23.5. The van der Waals surface area contributed by atoms with Crippen LogP contribution in [0, 0.1) is 37.0 Å². The van der Waals surface area contributed by atoms with Crippen molar-refractivity contribution >= 4 is 34.4 Å². The van der Waals surface area contributed by atoms with Crippen molar-refractivity contribution in [3.8, 4) is 6.07 Å². The molecule has 2 saturated carbocycles. The van der Waals surface area contributed by atoms with Crippen molar-refractivity contribution < 1.29 is 0 Å². The Hall–Kier alpha value is -1.16. The van der Waals surface area contributed by atoms with Gasteiger partial charge in [-0.25, -0.2) is 4.99 Å². The second-order valence-corrected chi connectivity index (χ2v) is 14.5. The van der Waals surface area contributed by atoms with E-state index in [0.717, 1.165) is 34.8 Å². The largest absolute Gasteiger partial charge is 0.344 e. The van der Waals surface area contributed by atoms with Gasteiger partial charge in [0, 0.05) is 36.0 Å². The van der Waals surface area contributed by atoms with E-state index in [-0.39, 0.29) is 0 Å². The maximum Gasteiger partial charge on any atom is 0.164 e. The third kappa shape index (κ3) is 6.36. The van der Waals surface area contributed by atoms with Crippen LogP contribution in [-0.4, -0.2) is 56.5 Å². The lowest BCUT2D eigenvalue weighted by Crippen LogP contribution is -2.46. The molecule has 2 aliphatic carbocycles. The Kier molecular flexibility index (Phi) is 9.62. The Bertz CT molecular complexity index is 992. The van der Waals surface area contributed by atoms with Gasteiger partial charge in [-0.05, 0) is 74.6 Å². The number of nitriles is 1. The van der Waals surface area contributed by atoms with Gasteiger partial charge in [0.2, 0.25) is 0 Å². The van der Waals surface area contributed by atoms with Crippen LogP contribution in [0.25, 0.3) is 0 Å². The minimum absolute atomic E-state index is 0.337. The summed E-state index contributed by atoms with van der Waals surface area (Å²) in [6, 6.07) is 6.17. The minimum Gasteiger partial charge on any atom is -0.344 e. The van der Waals surface area contributed by atoms with E-state index in [2.05, 4.69) is 62.2 Å². The molecule has 5 rings (SSSR count). The average Bonchev–Trinajstić information content (AvgIpc) is 3.66. The van der Waals surface area contributed by atoms with E-state index in [1.807, 2.05) is 30.8 Å². The van der Waals surface area contributed by atoms with E-state index < -0.39 is 0 Å². The van der Waals surface area contributed by atoms with Gasteiger partial charge < -0.3 is 4.90 Å². The van der Waals surface area contributed by atoms with E-state index in [4.69, 9.17) is 4.99 Å². The lowest BCUT2D eigenvalue weighted by atomic mass is 9.97. The van der Waals surface area contributed by atoms with E-state index in [1.165, 1.54) is 80.5 Å². The molecule has 4 aliphatic rings. The van der Waals surface area contributed by atoms with Crippen LogP contribution >= 0.6 is 23.5 Å². The molecule has 0 aromatic heterocycles. The zero-order chi connectivity index (χ0) is 26.6. The Balaban J connectivity index is 0.000000207. The summed E-state index contributed by atoms with van der Waals surface area (Å²) in [4.78, 5) is 10.4. The second kappa shape index (κ2) is 12.3. The third-order valence-electron chi connectivity index (χ3n) is 8.86. The van der Waals surface area contributed by atoms with Crippen LogP contribution in [0.2, 0.25) is 0 Å². The number of rotatable bonds is 5. The molecule has 204 valence electrons. The van der Waals surface area contributed by atoms with Crippen molar-refractivity contribution in [1.82, 2.24) is 9.80 Å². The molecule has 0 amide bonds. The second-order valence-electron chi connectivity index (χ2n) is 12.6. The topological polar surface area (TPSA) is 42.6 Å². The maximum atomic E-state index is 9.20. The van der Waals surface area contributed by atoms with Gasteiger partial charge in [-0.15, -0.1) is 11.8 Å². The number of aliphatic imine (C=N–C) groups is 1. The molecule has 2 heterocycles. The fourth-order valence-electron chi connectivity index (χ4n) is 6.64. The average molecular weight is 541 g/mol. The van der Waals surface area contributed by atoms with Gasteiger partial charge >= 0.3 is 0 Å². The molecule has 6 heteroatoms. The number of benzene rings is 1. The summed E-state index contributed by atoms with van der Waals surface area (Å²) in [5.41, 5.74) is 4.91. The third-order valence-corrected chi connectivity index (χ3v) is 11.3. The van der Waals surface area contributed by atoms with E-state index >= 15 is 0 Å². The molecule has 2 saturated heterocycles. The Morgan fingerprint density at radius 1 is 0.892 bits per heavy atom.